The number of rotatable bonds is 7. The molecule has 0 atom stereocenters. The number of oxazole rings is 1. The Morgan fingerprint density at radius 1 is 1.31 bits per heavy atom. The van der Waals surface area contributed by atoms with E-state index in [-0.39, 0.29) is 54.5 Å². The van der Waals surface area contributed by atoms with E-state index in [2.05, 4.69) is 10.3 Å². The van der Waals surface area contributed by atoms with Crippen LogP contribution in [0, 0.1) is 11.6 Å². The predicted octanol–water partition coefficient (Wildman–Crippen LogP) is 2.54. The lowest BCUT2D eigenvalue weighted by molar-refractivity contribution is -0.134. The molecule has 6 nitrogen and oxygen atoms in total. The number of halogens is 2. The summed E-state index contributed by atoms with van der Waals surface area (Å²) in [5, 5.41) is 2.71. The van der Waals surface area contributed by atoms with Crippen molar-refractivity contribution in [2.24, 2.45) is 0 Å². The third kappa shape index (κ3) is 5.37. The lowest BCUT2D eigenvalue weighted by Gasteiger charge is -2.17. The van der Waals surface area contributed by atoms with Crippen LogP contribution in [0.2, 0.25) is 0 Å². The van der Waals surface area contributed by atoms with Crippen molar-refractivity contribution >= 4 is 11.8 Å². The second kappa shape index (κ2) is 8.55. The van der Waals surface area contributed by atoms with Gasteiger partial charge in [-0.25, -0.2) is 13.8 Å². The molecule has 2 amide bonds. The molecule has 0 aliphatic carbocycles. The van der Waals surface area contributed by atoms with Crippen LogP contribution in [0.25, 0.3) is 11.3 Å². The third-order valence-corrected chi connectivity index (χ3v) is 3.56. The van der Waals surface area contributed by atoms with Crippen LogP contribution < -0.4 is 5.32 Å². The summed E-state index contributed by atoms with van der Waals surface area (Å²) in [6, 6.07) is 3.16. The van der Waals surface area contributed by atoms with Crippen molar-refractivity contribution in [2.45, 2.75) is 32.7 Å². The molecule has 0 bridgehead atoms. The molecule has 8 heteroatoms. The Balaban J connectivity index is 1.91. The lowest BCUT2D eigenvalue weighted by atomic mass is 10.2. The average Bonchev–Trinajstić information content (AvgIpc) is 3.00. The highest BCUT2D eigenvalue weighted by atomic mass is 19.1. The summed E-state index contributed by atoms with van der Waals surface area (Å²) in [6.07, 6.45) is 1.63. The van der Waals surface area contributed by atoms with Crippen molar-refractivity contribution in [3.63, 3.8) is 0 Å². The molecule has 0 saturated heterocycles. The van der Waals surface area contributed by atoms with E-state index < -0.39 is 11.6 Å². The summed E-state index contributed by atoms with van der Waals surface area (Å²) < 4.78 is 32.1. The number of hydrogen-bond acceptors (Lipinski definition) is 4. The van der Waals surface area contributed by atoms with E-state index in [0.717, 1.165) is 12.1 Å². The Hall–Kier alpha value is -2.77. The van der Waals surface area contributed by atoms with Gasteiger partial charge in [0.05, 0.1) is 18.3 Å². The van der Waals surface area contributed by atoms with Crippen LogP contribution in [0.1, 0.15) is 26.2 Å². The lowest BCUT2D eigenvalue weighted by Crippen LogP contribution is -2.40. The molecule has 0 spiro atoms. The summed E-state index contributed by atoms with van der Waals surface area (Å²) in [6.45, 7) is 3.64. The Morgan fingerprint density at radius 3 is 2.69 bits per heavy atom. The highest BCUT2D eigenvalue weighted by Crippen LogP contribution is 2.24. The van der Waals surface area contributed by atoms with Gasteiger partial charge in [-0.3, -0.25) is 9.59 Å². The van der Waals surface area contributed by atoms with Crippen molar-refractivity contribution in [1.29, 1.82) is 0 Å². The average molecular weight is 365 g/mol. The minimum Gasteiger partial charge on any atom is -0.441 e. The Labute approximate surface area is 150 Å². The zero-order chi connectivity index (χ0) is 19.3. The number of nitrogens with zero attached hydrogens (tertiary/aromatic N) is 2. The highest BCUT2D eigenvalue weighted by molar-refractivity contribution is 5.84. The maximum absolute atomic E-state index is 13.8. The summed E-state index contributed by atoms with van der Waals surface area (Å²) in [7, 11) is 1.54. The number of hydrogen-bond donors (Lipinski definition) is 1. The van der Waals surface area contributed by atoms with Crippen LogP contribution in [0.3, 0.4) is 0 Å². The monoisotopic (exact) mass is 365 g/mol. The fourth-order valence-electron chi connectivity index (χ4n) is 2.32. The molecule has 26 heavy (non-hydrogen) atoms. The Kier molecular flexibility index (Phi) is 6.43. The van der Waals surface area contributed by atoms with Gasteiger partial charge in [-0.05, 0) is 26.0 Å². The summed E-state index contributed by atoms with van der Waals surface area (Å²) in [4.78, 5) is 29.1. The zero-order valence-corrected chi connectivity index (χ0v) is 14.9. The first-order valence-corrected chi connectivity index (χ1v) is 8.19. The van der Waals surface area contributed by atoms with Crippen LogP contribution in [0.4, 0.5) is 8.78 Å². The normalized spacial score (nSPS) is 10.8. The highest BCUT2D eigenvalue weighted by Gasteiger charge is 2.16. The van der Waals surface area contributed by atoms with Crippen molar-refractivity contribution < 1.29 is 22.8 Å². The maximum Gasteiger partial charge on any atom is 0.239 e. The van der Waals surface area contributed by atoms with Crippen LogP contribution in [0.5, 0.6) is 0 Å². The van der Waals surface area contributed by atoms with Gasteiger partial charge in [0.25, 0.3) is 0 Å². The Bertz CT molecular complexity index is 790. The number of carbonyl (C=O) groups excluding carboxylic acids is 2. The standard InChI is InChI=1S/C18H21F2N3O3/c1-11(2)22-16(24)10-23(3)18(25)7-6-17-21-9-15(26-17)13-5-4-12(19)8-14(13)20/h4-5,8-9,11H,6-7,10H2,1-3H3,(H,22,24). The predicted molar refractivity (Wildman–Crippen MR) is 91.1 cm³/mol. The van der Waals surface area contributed by atoms with Crippen molar-refractivity contribution in [3.8, 4) is 11.3 Å². The smallest absolute Gasteiger partial charge is 0.239 e. The quantitative estimate of drug-likeness (QED) is 0.818. The number of amides is 2. The minimum absolute atomic E-state index is 0.00333. The number of carbonyl (C=O) groups is 2. The molecule has 0 saturated carbocycles. The maximum atomic E-state index is 13.8. The first-order chi connectivity index (χ1) is 12.3. The second-order valence-corrected chi connectivity index (χ2v) is 6.21. The molecule has 0 aliphatic rings. The fourth-order valence-corrected chi connectivity index (χ4v) is 2.32. The molecule has 1 N–H and O–H groups in total. The Morgan fingerprint density at radius 2 is 2.04 bits per heavy atom. The molecular weight excluding hydrogens is 344 g/mol. The van der Waals surface area contributed by atoms with Crippen molar-refractivity contribution in [1.82, 2.24) is 15.2 Å². The van der Waals surface area contributed by atoms with E-state index >= 15 is 0 Å². The van der Waals surface area contributed by atoms with E-state index in [1.165, 1.54) is 24.2 Å². The fraction of sp³-hybridized carbons (Fsp3) is 0.389. The van der Waals surface area contributed by atoms with Gasteiger partial charge in [-0.15, -0.1) is 0 Å². The van der Waals surface area contributed by atoms with E-state index in [4.69, 9.17) is 4.42 Å². The van der Waals surface area contributed by atoms with Crippen molar-refractivity contribution in [3.05, 3.63) is 41.9 Å². The molecular formula is C18H21F2N3O3. The minimum atomic E-state index is -0.750. The van der Waals surface area contributed by atoms with E-state index in [1.807, 2.05) is 13.8 Å². The molecule has 0 radical (unpaired) electrons. The molecule has 1 aromatic heterocycles. The summed E-state index contributed by atoms with van der Waals surface area (Å²) in [5.41, 5.74) is 0.0963. The topological polar surface area (TPSA) is 75.4 Å². The number of aryl methyl sites for hydroxylation is 1. The zero-order valence-electron chi connectivity index (χ0n) is 14.9. The van der Waals surface area contributed by atoms with E-state index in [9.17, 15) is 18.4 Å². The largest absolute Gasteiger partial charge is 0.441 e. The van der Waals surface area contributed by atoms with Crippen molar-refractivity contribution in [2.75, 3.05) is 13.6 Å². The first-order valence-electron chi connectivity index (χ1n) is 8.19. The second-order valence-electron chi connectivity index (χ2n) is 6.21. The number of benzene rings is 1. The number of nitrogens with one attached hydrogen (secondary N) is 1. The molecule has 1 heterocycles. The molecule has 2 aromatic rings. The summed E-state index contributed by atoms with van der Waals surface area (Å²) >= 11 is 0. The van der Waals surface area contributed by atoms with E-state index in [1.54, 1.807) is 0 Å². The van der Waals surface area contributed by atoms with Gasteiger partial charge in [0.2, 0.25) is 11.8 Å². The molecule has 140 valence electrons. The molecule has 0 aliphatic heterocycles. The van der Waals surface area contributed by atoms with Gasteiger partial charge >= 0.3 is 0 Å². The molecule has 0 unspecified atom stereocenters. The van der Waals surface area contributed by atoms with Gasteiger partial charge in [0.1, 0.15) is 11.6 Å². The SMILES string of the molecule is CC(C)NC(=O)CN(C)C(=O)CCc1ncc(-c2ccc(F)cc2F)o1. The van der Waals surface area contributed by atoms with E-state index in [0.29, 0.717) is 0 Å². The molecule has 0 fully saturated rings. The summed E-state index contributed by atoms with van der Waals surface area (Å²) in [5.74, 6) is -1.48. The van der Waals surface area contributed by atoms with Crippen LogP contribution in [0.15, 0.2) is 28.8 Å². The van der Waals surface area contributed by atoms with Crippen LogP contribution >= 0.6 is 0 Å². The van der Waals surface area contributed by atoms with Gasteiger partial charge < -0.3 is 14.6 Å². The third-order valence-electron chi connectivity index (χ3n) is 3.56. The molecule has 2 rings (SSSR count). The van der Waals surface area contributed by atoms with Gasteiger partial charge in [0.15, 0.2) is 11.7 Å². The van der Waals surface area contributed by atoms with Gasteiger partial charge in [-0.2, -0.15) is 0 Å². The molecule has 1 aromatic carbocycles. The number of aromatic nitrogens is 1. The number of likely N-dealkylation sites (N-methyl/N-ethyl adjacent to an activating group) is 1. The first kappa shape index (κ1) is 19.6. The van der Waals surface area contributed by atoms with Crippen LogP contribution in [-0.4, -0.2) is 41.3 Å². The van der Waals surface area contributed by atoms with Crippen LogP contribution in [-0.2, 0) is 16.0 Å². The van der Waals surface area contributed by atoms with Gasteiger partial charge in [-0.1, -0.05) is 0 Å². The van der Waals surface area contributed by atoms with Gasteiger partial charge in [0, 0.05) is 32.0 Å².